The maximum Gasteiger partial charge on any atom is 0.148 e. The number of rotatable bonds is 5. The second-order valence-corrected chi connectivity index (χ2v) is 6.89. The number of aromatic nitrogens is 4. The normalized spacial score (nSPS) is 16.6. The van der Waals surface area contributed by atoms with Crippen LogP contribution in [0.2, 0.25) is 0 Å². The Labute approximate surface area is 164 Å². The molecule has 0 saturated carbocycles. The lowest BCUT2D eigenvalue weighted by Gasteiger charge is -2.24. The summed E-state index contributed by atoms with van der Waals surface area (Å²) in [5.41, 5.74) is 4.48. The van der Waals surface area contributed by atoms with Crippen LogP contribution in [-0.4, -0.2) is 31.4 Å². The quantitative estimate of drug-likeness (QED) is 0.733. The second-order valence-electron chi connectivity index (χ2n) is 6.89. The molecule has 1 saturated heterocycles. The average molecular weight is 371 g/mol. The Bertz CT molecular complexity index is 977. The second kappa shape index (κ2) is 8.11. The number of hydrogen-bond donors (Lipinski definition) is 1. The predicted molar refractivity (Wildman–Crippen MR) is 106 cm³/mol. The molecule has 7 heteroatoms. The molecule has 1 fully saturated rings. The topological polar surface area (TPSA) is 90.6 Å². The summed E-state index contributed by atoms with van der Waals surface area (Å²) in [5.74, 6) is 0.653. The largest absolute Gasteiger partial charge is 0.338 e. The van der Waals surface area contributed by atoms with E-state index in [9.17, 15) is 0 Å². The van der Waals surface area contributed by atoms with Crippen molar-refractivity contribution in [2.75, 3.05) is 11.9 Å². The first kappa shape index (κ1) is 18.0. The Morgan fingerprint density at radius 3 is 2.79 bits per heavy atom. The summed E-state index contributed by atoms with van der Waals surface area (Å²) in [6.07, 6.45) is 9.28. The van der Waals surface area contributed by atoms with Crippen molar-refractivity contribution in [3.63, 3.8) is 0 Å². The van der Waals surface area contributed by atoms with Crippen LogP contribution in [0.3, 0.4) is 0 Å². The molecule has 0 aromatic carbocycles. The minimum absolute atomic E-state index is 0.263. The van der Waals surface area contributed by atoms with Crippen molar-refractivity contribution < 1.29 is 0 Å². The van der Waals surface area contributed by atoms with Gasteiger partial charge in [-0.25, -0.2) is 9.97 Å². The highest BCUT2D eigenvalue weighted by molar-refractivity contribution is 5.54. The minimum atomic E-state index is 0.263. The number of likely N-dealkylation sites (tertiary alicyclic amines) is 1. The molecule has 4 rings (SSSR count). The van der Waals surface area contributed by atoms with E-state index in [1.807, 2.05) is 24.5 Å². The lowest BCUT2D eigenvalue weighted by atomic mass is 10.1. The van der Waals surface area contributed by atoms with Gasteiger partial charge in [0, 0.05) is 12.7 Å². The van der Waals surface area contributed by atoms with E-state index in [-0.39, 0.29) is 6.04 Å². The molecule has 0 radical (unpaired) electrons. The summed E-state index contributed by atoms with van der Waals surface area (Å²) in [7, 11) is 0. The molecule has 4 heterocycles. The summed E-state index contributed by atoms with van der Waals surface area (Å²) in [4.78, 5) is 20.2. The number of nitriles is 1. The highest BCUT2D eigenvalue weighted by Crippen LogP contribution is 2.32. The summed E-state index contributed by atoms with van der Waals surface area (Å²) < 4.78 is 0. The van der Waals surface area contributed by atoms with Gasteiger partial charge >= 0.3 is 0 Å². The van der Waals surface area contributed by atoms with Gasteiger partial charge in [0.25, 0.3) is 0 Å². The predicted octanol–water partition coefficient (Wildman–Crippen LogP) is 3.53. The first-order valence-corrected chi connectivity index (χ1v) is 9.32. The van der Waals surface area contributed by atoms with Gasteiger partial charge in [0.15, 0.2) is 0 Å². The molecule has 3 aromatic rings. The molecule has 7 nitrogen and oxygen atoms in total. The molecule has 0 unspecified atom stereocenters. The summed E-state index contributed by atoms with van der Waals surface area (Å²) in [6.45, 7) is 3.97. The molecular weight excluding hydrogens is 350 g/mol. The van der Waals surface area contributed by atoms with Gasteiger partial charge in [-0.15, -0.1) is 0 Å². The smallest absolute Gasteiger partial charge is 0.148 e. The zero-order chi connectivity index (χ0) is 19.3. The van der Waals surface area contributed by atoms with E-state index in [1.165, 1.54) is 5.56 Å². The van der Waals surface area contributed by atoms with Crippen molar-refractivity contribution in [1.82, 2.24) is 24.8 Å². The maximum absolute atomic E-state index is 8.82. The minimum Gasteiger partial charge on any atom is -0.338 e. The van der Waals surface area contributed by atoms with E-state index in [1.54, 1.807) is 24.5 Å². The van der Waals surface area contributed by atoms with Gasteiger partial charge in [0.05, 0.1) is 41.7 Å². The van der Waals surface area contributed by atoms with Crippen LogP contribution in [-0.2, 0) is 6.54 Å². The Hall–Kier alpha value is -3.37. The fourth-order valence-electron chi connectivity index (χ4n) is 3.48. The third kappa shape index (κ3) is 3.97. The zero-order valence-electron chi connectivity index (χ0n) is 15.7. The number of anilines is 2. The molecule has 3 aromatic heterocycles. The van der Waals surface area contributed by atoms with Gasteiger partial charge in [-0.05, 0) is 50.1 Å². The zero-order valence-corrected chi connectivity index (χ0v) is 15.7. The molecule has 28 heavy (non-hydrogen) atoms. The van der Waals surface area contributed by atoms with Crippen LogP contribution in [0.15, 0.2) is 49.1 Å². The summed E-state index contributed by atoms with van der Waals surface area (Å²) in [6, 6.07) is 9.81. The van der Waals surface area contributed by atoms with Gasteiger partial charge in [0.2, 0.25) is 0 Å². The lowest BCUT2D eigenvalue weighted by Crippen LogP contribution is -2.24. The number of nitrogens with one attached hydrogen (secondary N) is 1. The number of aryl methyl sites for hydroxylation is 1. The van der Waals surface area contributed by atoms with Gasteiger partial charge in [-0.1, -0.05) is 6.07 Å². The Morgan fingerprint density at radius 2 is 2.07 bits per heavy atom. The van der Waals surface area contributed by atoms with Crippen molar-refractivity contribution in [3.8, 4) is 6.07 Å². The van der Waals surface area contributed by atoms with Crippen LogP contribution in [0.25, 0.3) is 0 Å². The Balaban J connectivity index is 1.45. The van der Waals surface area contributed by atoms with Crippen LogP contribution in [0.5, 0.6) is 0 Å². The molecule has 1 N–H and O–H groups in total. The highest BCUT2D eigenvalue weighted by atomic mass is 15.2. The van der Waals surface area contributed by atoms with Crippen LogP contribution >= 0.6 is 0 Å². The van der Waals surface area contributed by atoms with Crippen LogP contribution in [0, 0.1) is 18.3 Å². The monoisotopic (exact) mass is 371 g/mol. The van der Waals surface area contributed by atoms with Crippen LogP contribution in [0.1, 0.15) is 41.5 Å². The molecule has 140 valence electrons. The Morgan fingerprint density at radius 1 is 1.14 bits per heavy atom. The highest BCUT2D eigenvalue weighted by Gasteiger charge is 2.28. The first-order valence-electron chi connectivity index (χ1n) is 9.32. The molecule has 0 amide bonds. The summed E-state index contributed by atoms with van der Waals surface area (Å²) >= 11 is 0. The third-order valence-electron chi connectivity index (χ3n) is 5.00. The van der Waals surface area contributed by atoms with Gasteiger partial charge < -0.3 is 5.32 Å². The molecule has 1 atom stereocenters. The van der Waals surface area contributed by atoms with Gasteiger partial charge in [-0.3, -0.25) is 14.9 Å². The van der Waals surface area contributed by atoms with E-state index in [0.29, 0.717) is 11.5 Å². The third-order valence-corrected chi connectivity index (χ3v) is 5.00. The molecular formula is C21H21N7. The average Bonchev–Trinajstić information content (AvgIpc) is 3.19. The fraction of sp³-hybridized carbons (Fsp3) is 0.286. The SMILES string of the molecule is Cc1cccnc1CN1CCC[C@H]1c1cnc(Nc2ccc(C#N)nc2)cn1. The van der Waals surface area contributed by atoms with E-state index in [2.05, 4.69) is 43.1 Å². The molecule has 0 spiro atoms. The Kier molecular flexibility index (Phi) is 5.22. The van der Waals surface area contributed by atoms with E-state index < -0.39 is 0 Å². The van der Waals surface area contributed by atoms with Crippen molar-refractivity contribution in [2.24, 2.45) is 0 Å². The fourth-order valence-corrected chi connectivity index (χ4v) is 3.48. The standard InChI is InChI=1S/C21H21N7/c1-15-4-2-8-23-19(15)14-28-9-3-5-20(28)18-12-26-21(13-25-18)27-17-7-6-16(10-22)24-11-17/h2,4,6-8,11-13,20H,3,5,9,14H2,1H3,(H,26,27)/t20-/m0/s1. The van der Waals surface area contributed by atoms with Crippen molar-refractivity contribution in [2.45, 2.75) is 32.4 Å². The van der Waals surface area contributed by atoms with E-state index in [0.717, 1.165) is 43.0 Å². The van der Waals surface area contributed by atoms with Gasteiger partial charge in [-0.2, -0.15) is 5.26 Å². The van der Waals surface area contributed by atoms with E-state index in [4.69, 9.17) is 5.26 Å². The summed E-state index contributed by atoms with van der Waals surface area (Å²) in [5, 5.41) is 12.0. The van der Waals surface area contributed by atoms with Crippen LogP contribution in [0.4, 0.5) is 11.5 Å². The van der Waals surface area contributed by atoms with Crippen molar-refractivity contribution >= 4 is 11.5 Å². The molecule has 0 aliphatic carbocycles. The number of pyridine rings is 2. The maximum atomic E-state index is 8.82. The number of hydrogen-bond acceptors (Lipinski definition) is 7. The van der Waals surface area contributed by atoms with Crippen molar-refractivity contribution in [1.29, 1.82) is 5.26 Å². The molecule has 1 aliphatic rings. The van der Waals surface area contributed by atoms with Crippen molar-refractivity contribution in [3.05, 3.63) is 71.7 Å². The number of nitrogens with zero attached hydrogens (tertiary/aromatic N) is 6. The lowest BCUT2D eigenvalue weighted by molar-refractivity contribution is 0.240. The van der Waals surface area contributed by atoms with Crippen LogP contribution < -0.4 is 5.32 Å². The molecule has 1 aliphatic heterocycles. The van der Waals surface area contributed by atoms with Gasteiger partial charge in [0.1, 0.15) is 17.6 Å². The first-order chi connectivity index (χ1) is 13.7. The molecule has 0 bridgehead atoms. The van der Waals surface area contributed by atoms with E-state index >= 15 is 0 Å².